The fourth-order valence-electron chi connectivity index (χ4n) is 3.12. The number of hydrogen-bond acceptors (Lipinski definition) is 8. The SMILES string of the molecule is COc1ccc(C2=C(OC(C)=O)Cc3c(OC(C)=O)cc(OC)c(OC)c3O2)cc1. The molecule has 0 fully saturated rings. The second-order valence-electron chi connectivity index (χ2n) is 6.36. The van der Waals surface area contributed by atoms with Crippen LogP contribution in [-0.2, 0) is 20.7 Å². The van der Waals surface area contributed by atoms with E-state index in [2.05, 4.69) is 0 Å². The Morgan fingerprint density at radius 1 is 0.867 bits per heavy atom. The molecule has 0 aliphatic carbocycles. The molecule has 0 spiro atoms. The summed E-state index contributed by atoms with van der Waals surface area (Å²) in [5, 5.41) is 0. The Balaban J connectivity index is 2.18. The summed E-state index contributed by atoms with van der Waals surface area (Å²) in [7, 11) is 4.51. The number of carbonyl (C=O) groups is 2. The van der Waals surface area contributed by atoms with Gasteiger partial charge in [0.15, 0.2) is 23.0 Å². The molecular weight excluding hydrogens is 392 g/mol. The highest BCUT2D eigenvalue weighted by Gasteiger charge is 2.32. The first-order valence-corrected chi connectivity index (χ1v) is 9.08. The largest absolute Gasteiger partial charge is 0.497 e. The van der Waals surface area contributed by atoms with Crippen molar-refractivity contribution in [2.75, 3.05) is 21.3 Å². The molecule has 8 heteroatoms. The van der Waals surface area contributed by atoms with E-state index in [9.17, 15) is 9.59 Å². The van der Waals surface area contributed by atoms with Gasteiger partial charge in [0.1, 0.15) is 11.5 Å². The molecule has 0 atom stereocenters. The van der Waals surface area contributed by atoms with Crippen molar-refractivity contribution in [3.63, 3.8) is 0 Å². The number of methoxy groups -OCH3 is 3. The van der Waals surface area contributed by atoms with Gasteiger partial charge in [-0.2, -0.15) is 0 Å². The molecular formula is C22H22O8. The van der Waals surface area contributed by atoms with Gasteiger partial charge in [0, 0.05) is 37.5 Å². The molecule has 0 unspecified atom stereocenters. The fourth-order valence-corrected chi connectivity index (χ4v) is 3.12. The van der Waals surface area contributed by atoms with Gasteiger partial charge < -0.3 is 28.4 Å². The molecule has 3 rings (SSSR count). The Morgan fingerprint density at radius 2 is 1.53 bits per heavy atom. The highest BCUT2D eigenvalue weighted by Crippen LogP contribution is 2.50. The lowest BCUT2D eigenvalue weighted by molar-refractivity contribution is -0.137. The van der Waals surface area contributed by atoms with Gasteiger partial charge in [0.05, 0.1) is 21.3 Å². The van der Waals surface area contributed by atoms with Crippen LogP contribution in [0, 0.1) is 0 Å². The van der Waals surface area contributed by atoms with Crippen LogP contribution in [-0.4, -0.2) is 33.3 Å². The normalized spacial score (nSPS) is 12.4. The van der Waals surface area contributed by atoms with E-state index >= 15 is 0 Å². The van der Waals surface area contributed by atoms with E-state index in [4.69, 9.17) is 28.4 Å². The third-order valence-corrected chi connectivity index (χ3v) is 4.36. The maximum Gasteiger partial charge on any atom is 0.308 e. The molecule has 1 aliphatic rings. The van der Waals surface area contributed by atoms with Crippen molar-refractivity contribution in [1.29, 1.82) is 0 Å². The third kappa shape index (κ3) is 4.17. The number of allylic oxidation sites excluding steroid dienone is 1. The lowest BCUT2D eigenvalue weighted by Crippen LogP contribution is -2.17. The summed E-state index contributed by atoms with van der Waals surface area (Å²) in [6.07, 6.45) is 0.138. The maximum absolute atomic E-state index is 11.7. The molecule has 0 radical (unpaired) electrons. The standard InChI is InChI=1S/C22H22O8/c1-12(23)28-17-11-18(26-4)22(27-5)21-16(17)10-19(29-13(2)24)20(30-21)14-6-8-15(25-3)9-7-14/h6-9,11H,10H2,1-5H3. The van der Waals surface area contributed by atoms with E-state index in [1.807, 2.05) is 0 Å². The topological polar surface area (TPSA) is 89.5 Å². The second-order valence-corrected chi connectivity index (χ2v) is 6.36. The molecule has 8 nitrogen and oxygen atoms in total. The van der Waals surface area contributed by atoms with Gasteiger partial charge in [-0.25, -0.2) is 0 Å². The number of carbonyl (C=O) groups excluding carboxylic acids is 2. The molecule has 1 heterocycles. The molecule has 30 heavy (non-hydrogen) atoms. The van der Waals surface area contributed by atoms with E-state index in [0.29, 0.717) is 39.9 Å². The molecule has 158 valence electrons. The van der Waals surface area contributed by atoms with Crippen LogP contribution in [0.3, 0.4) is 0 Å². The summed E-state index contributed by atoms with van der Waals surface area (Å²) in [5.74, 6) is 1.47. The second kappa shape index (κ2) is 8.77. The maximum atomic E-state index is 11.7. The van der Waals surface area contributed by atoms with Crippen LogP contribution < -0.4 is 23.7 Å². The predicted octanol–water partition coefficient (Wildman–Crippen LogP) is 3.50. The van der Waals surface area contributed by atoms with Gasteiger partial charge in [-0.15, -0.1) is 0 Å². The lowest BCUT2D eigenvalue weighted by Gasteiger charge is -2.26. The number of hydrogen-bond donors (Lipinski definition) is 0. The number of ether oxygens (including phenoxy) is 6. The zero-order chi connectivity index (χ0) is 21.8. The Hall–Kier alpha value is -3.68. The van der Waals surface area contributed by atoms with Gasteiger partial charge in [-0.3, -0.25) is 9.59 Å². The average molecular weight is 414 g/mol. The number of esters is 2. The summed E-state index contributed by atoms with van der Waals surface area (Å²) < 4.78 is 33.0. The van der Waals surface area contributed by atoms with Crippen LogP contribution >= 0.6 is 0 Å². The van der Waals surface area contributed by atoms with Crippen LogP contribution in [0.5, 0.6) is 28.7 Å². The Labute approximate surface area is 173 Å². The third-order valence-electron chi connectivity index (χ3n) is 4.36. The Kier molecular flexibility index (Phi) is 6.15. The minimum absolute atomic E-state index is 0.138. The molecule has 0 N–H and O–H groups in total. The van der Waals surface area contributed by atoms with Crippen molar-refractivity contribution in [3.8, 4) is 28.7 Å². The first-order valence-electron chi connectivity index (χ1n) is 9.08. The first-order chi connectivity index (χ1) is 14.4. The molecule has 0 aromatic heterocycles. The summed E-state index contributed by atoms with van der Waals surface area (Å²) in [6.45, 7) is 2.59. The molecule has 0 bridgehead atoms. The predicted molar refractivity (Wildman–Crippen MR) is 107 cm³/mol. The van der Waals surface area contributed by atoms with E-state index in [-0.39, 0.29) is 17.9 Å². The fraction of sp³-hybridized carbons (Fsp3) is 0.273. The van der Waals surface area contributed by atoms with Crippen LogP contribution in [0.25, 0.3) is 5.76 Å². The van der Waals surface area contributed by atoms with E-state index in [0.717, 1.165) is 0 Å². The number of rotatable bonds is 6. The zero-order valence-corrected chi connectivity index (χ0v) is 17.4. The van der Waals surface area contributed by atoms with Crippen LogP contribution in [0.15, 0.2) is 36.1 Å². The molecule has 0 saturated carbocycles. The number of benzene rings is 2. The first kappa shape index (κ1) is 21.0. The molecule has 1 aliphatic heterocycles. The van der Waals surface area contributed by atoms with E-state index < -0.39 is 11.9 Å². The van der Waals surface area contributed by atoms with Crippen LogP contribution in [0.2, 0.25) is 0 Å². The van der Waals surface area contributed by atoms with Crippen molar-refractivity contribution in [1.82, 2.24) is 0 Å². The summed E-state index contributed by atoms with van der Waals surface area (Å²) >= 11 is 0. The van der Waals surface area contributed by atoms with Gasteiger partial charge in [0.25, 0.3) is 0 Å². The molecule has 0 amide bonds. The van der Waals surface area contributed by atoms with Crippen molar-refractivity contribution >= 4 is 17.7 Å². The molecule has 2 aromatic carbocycles. The van der Waals surface area contributed by atoms with Crippen molar-refractivity contribution < 1.29 is 38.0 Å². The zero-order valence-electron chi connectivity index (χ0n) is 17.4. The van der Waals surface area contributed by atoms with Gasteiger partial charge in [-0.05, 0) is 24.3 Å². The van der Waals surface area contributed by atoms with Crippen molar-refractivity contribution in [2.24, 2.45) is 0 Å². The Bertz CT molecular complexity index is 1000. The minimum Gasteiger partial charge on any atom is -0.497 e. The average Bonchev–Trinajstić information content (AvgIpc) is 2.72. The molecule has 0 saturated heterocycles. The smallest absolute Gasteiger partial charge is 0.308 e. The highest BCUT2D eigenvalue weighted by molar-refractivity contribution is 5.78. The monoisotopic (exact) mass is 414 g/mol. The van der Waals surface area contributed by atoms with Crippen LogP contribution in [0.4, 0.5) is 0 Å². The summed E-state index contributed by atoms with van der Waals surface area (Å²) in [6, 6.07) is 8.62. The van der Waals surface area contributed by atoms with E-state index in [1.165, 1.54) is 34.1 Å². The Morgan fingerprint density at radius 3 is 2.07 bits per heavy atom. The quantitative estimate of drug-likeness (QED) is 0.524. The minimum atomic E-state index is -0.511. The van der Waals surface area contributed by atoms with Gasteiger partial charge in [-0.1, -0.05) is 0 Å². The summed E-state index contributed by atoms with van der Waals surface area (Å²) in [5.41, 5.74) is 1.16. The summed E-state index contributed by atoms with van der Waals surface area (Å²) in [4.78, 5) is 23.3. The highest BCUT2D eigenvalue weighted by atomic mass is 16.6. The lowest BCUT2D eigenvalue weighted by atomic mass is 10.0. The molecule has 2 aromatic rings. The van der Waals surface area contributed by atoms with E-state index in [1.54, 1.807) is 31.4 Å². The van der Waals surface area contributed by atoms with Gasteiger partial charge in [0.2, 0.25) is 5.75 Å². The van der Waals surface area contributed by atoms with Gasteiger partial charge >= 0.3 is 11.9 Å². The van der Waals surface area contributed by atoms with Crippen LogP contribution in [0.1, 0.15) is 25.0 Å². The number of fused-ring (bicyclic) bond motifs is 1. The van der Waals surface area contributed by atoms with Crippen molar-refractivity contribution in [3.05, 3.63) is 47.2 Å². The van der Waals surface area contributed by atoms with Crippen molar-refractivity contribution in [2.45, 2.75) is 20.3 Å².